The average Bonchev–Trinajstić information content (AvgIpc) is 0. The van der Waals surface area contributed by atoms with Crippen LogP contribution in [0.1, 0.15) is 2.85 Å². The summed E-state index contributed by atoms with van der Waals surface area (Å²) in [6.45, 7) is 0. The topological polar surface area (TPSA) is 0 Å². The maximum atomic E-state index is 0. The molecule has 0 rings (SSSR count). The summed E-state index contributed by atoms with van der Waals surface area (Å²) in [7, 11) is 0. The molecule has 0 saturated heterocycles. The summed E-state index contributed by atoms with van der Waals surface area (Å²) in [5.41, 5.74) is 0. The van der Waals surface area contributed by atoms with Crippen molar-refractivity contribution in [3.63, 3.8) is 0 Å². The largest absolute Gasteiger partial charge is 2.00 e. The van der Waals surface area contributed by atoms with Crippen LogP contribution in [-0.4, -0.2) is 69.2 Å². The Hall–Kier alpha value is 5.69. The van der Waals surface area contributed by atoms with Crippen LogP contribution >= 0.6 is 0 Å². The van der Waals surface area contributed by atoms with Gasteiger partial charge in [0.25, 0.3) is 0 Å². The first-order valence-corrected chi connectivity index (χ1v) is 0. The zero-order valence-corrected chi connectivity index (χ0v) is 18.5. The van der Waals surface area contributed by atoms with Gasteiger partial charge >= 0.3 is 60.8 Å². The molecule has 0 atom stereocenters. The predicted octanol–water partition coefficient (Wildman–Crippen LogP) is -3.93. The normalized spacial score (nSPS) is 0. The summed E-state index contributed by atoms with van der Waals surface area (Å²) >= 11 is 0. The van der Waals surface area contributed by atoms with Crippen LogP contribution < -0.4 is 24.0 Å². The summed E-state index contributed by atoms with van der Waals surface area (Å²) in [4.78, 5) is 0. The minimum atomic E-state index is 0. The Balaban J connectivity index is 0. The van der Waals surface area contributed by atoms with Crippen molar-refractivity contribution >= 4 is 69.2 Å². The Morgan fingerprint density at radius 2 is 1.11 bits per heavy atom. The van der Waals surface area contributed by atoms with Gasteiger partial charge in [0, 0.05) is 91.7 Å². The first-order chi connectivity index (χ1) is 0. The zero-order valence-electron chi connectivity index (χ0n) is 6.52. The number of hydrogen-bond acceptors (Lipinski definition) is 0. The van der Waals surface area contributed by atoms with Gasteiger partial charge in [-0.05, 0) is 0 Å². The van der Waals surface area contributed by atoms with Gasteiger partial charge in [0.15, 0.2) is 0 Å². The second kappa shape index (κ2) is 68.1. The molecule has 0 spiro atoms. The first-order valence-electron chi connectivity index (χ1n) is 0. The molecule has 0 N–H and O–H groups in total. The Bertz CT molecular complexity index is 36.1. The molecule has 0 aliphatic rings. The van der Waals surface area contributed by atoms with Gasteiger partial charge in [0.1, 0.15) is 0 Å². The van der Waals surface area contributed by atoms with E-state index >= 15 is 0 Å². The van der Waals surface area contributed by atoms with Crippen LogP contribution in [-0.2, 0) is 91.7 Å². The molecule has 0 fully saturated rings. The van der Waals surface area contributed by atoms with Gasteiger partial charge in [0.2, 0.25) is 0 Å². The number of rotatable bonds is 0. The summed E-state index contributed by atoms with van der Waals surface area (Å²) in [6, 6.07) is 0. The van der Waals surface area contributed by atoms with Crippen molar-refractivity contribution in [1.82, 2.24) is 0 Å². The summed E-state index contributed by atoms with van der Waals surface area (Å²) < 4.78 is 0. The van der Waals surface area contributed by atoms with Gasteiger partial charge in [-0.1, -0.05) is 0 Å². The fourth-order valence-corrected chi connectivity index (χ4v) is 0. The van der Waals surface area contributed by atoms with Crippen molar-refractivity contribution in [2.75, 3.05) is 0 Å². The van der Waals surface area contributed by atoms with Crippen molar-refractivity contribution in [1.29, 1.82) is 0 Å². The first kappa shape index (κ1) is 85.0. The fraction of sp³-hybridized carbons (Fsp3) is 0. The van der Waals surface area contributed by atoms with Crippen LogP contribution in [0.2, 0.25) is 0 Å². The maximum absolute atomic E-state index is 0. The maximum Gasteiger partial charge on any atom is 2.00 e. The van der Waals surface area contributed by atoms with Crippen LogP contribution in [0, 0.1) is 0 Å². The van der Waals surface area contributed by atoms with Crippen LogP contribution in [0.5, 0.6) is 0 Å². The quantitative estimate of drug-likeness (QED) is 0.218. The van der Waals surface area contributed by atoms with Gasteiger partial charge in [-0.3, -0.25) is 0 Å². The molecule has 0 heterocycles. The van der Waals surface area contributed by atoms with E-state index in [1.807, 2.05) is 0 Å². The van der Waals surface area contributed by atoms with Crippen molar-refractivity contribution in [2.45, 2.75) is 0 Å². The summed E-state index contributed by atoms with van der Waals surface area (Å²) in [5.74, 6) is 0. The minimum Gasteiger partial charge on any atom is -1.00 e. The van der Waals surface area contributed by atoms with E-state index < -0.39 is 0 Å². The van der Waals surface area contributed by atoms with E-state index in [-0.39, 0.29) is 188 Å². The molecule has 0 aromatic carbocycles. The van der Waals surface area contributed by atoms with Gasteiger partial charge in [-0.15, -0.1) is 0 Å². The van der Waals surface area contributed by atoms with E-state index in [0.29, 0.717) is 0 Å². The van der Waals surface area contributed by atoms with Gasteiger partial charge < -0.3 is 35.2 Å². The van der Waals surface area contributed by atoms with Crippen molar-refractivity contribution in [2.24, 2.45) is 0 Å². The summed E-state index contributed by atoms with van der Waals surface area (Å²) in [5, 5.41) is 0. The van der Waals surface area contributed by atoms with Crippen LogP contribution in [0.25, 0.3) is 0 Å². The van der Waals surface area contributed by atoms with Crippen LogP contribution in [0.3, 0.4) is 0 Å². The summed E-state index contributed by atoms with van der Waals surface area (Å²) in [6.07, 6.45) is 0. The number of hydrogen-bond donors (Lipinski definition) is 0. The Morgan fingerprint density at radius 3 is 1.11 bits per heavy atom. The van der Waals surface area contributed by atoms with Gasteiger partial charge in [-0.2, -0.15) is 0 Å². The molecule has 0 amide bonds. The second-order valence-corrected chi connectivity index (χ2v) is 0. The standard InChI is InChI=1S/B.Ca.Cu.Fe.HI.Mg.Mn.Mo.Zn.2H/h;;;;1H;;;;;;/q-1;+2;;;;+2;;;;2*-1/p-1. The molecule has 0 aliphatic heterocycles. The molecule has 0 unspecified atom stereocenters. The van der Waals surface area contributed by atoms with E-state index in [2.05, 4.69) is 0 Å². The molecule has 0 aromatic heterocycles. The third-order valence-corrected chi connectivity index (χ3v) is 0. The molecule has 0 aliphatic carbocycles. The smallest absolute Gasteiger partial charge is 1.00 e. The molecule has 50 valence electrons. The molecular formula is H2BCaCuFeIMgMnMoZn. The van der Waals surface area contributed by atoms with Gasteiger partial charge in [-0.25, -0.2) is 0 Å². The van der Waals surface area contributed by atoms with Crippen molar-refractivity contribution in [3.8, 4) is 0 Å². The molecule has 9 heteroatoms. The molecule has 9 heavy (non-hydrogen) atoms. The van der Waals surface area contributed by atoms with Crippen LogP contribution in [0.15, 0.2) is 0 Å². The second-order valence-electron chi connectivity index (χ2n) is 0. The van der Waals surface area contributed by atoms with Crippen molar-refractivity contribution < 1.29 is 119 Å². The predicted molar refractivity (Wildman–Crippen MR) is 19.5 cm³/mol. The number of halogens is 1. The molecule has 0 aromatic rings. The molecule has 0 saturated carbocycles. The Morgan fingerprint density at radius 1 is 1.11 bits per heavy atom. The van der Waals surface area contributed by atoms with E-state index in [1.54, 1.807) is 0 Å². The van der Waals surface area contributed by atoms with E-state index in [1.165, 1.54) is 0 Å². The van der Waals surface area contributed by atoms with Crippen LogP contribution in [0.4, 0.5) is 0 Å². The zero-order chi connectivity index (χ0) is 0. The minimum absolute atomic E-state index is 0. The SMILES string of the molecule is [B-].[Ca+2].[Cu].[Fe].[H-].[H-].[I-].[Mg+2].[Mn].[Mo].[Zn]. The molecule has 0 nitrogen and oxygen atoms in total. The fourth-order valence-electron chi connectivity index (χ4n) is 0. The third-order valence-electron chi connectivity index (χ3n) is 0. The van der Waals surface area contributed by atoms with E-state index in [4.69, 9.17) is 0 Å². The molecule has 0 bridgehead atoms. The third kappa shape index (κ3) is 57.8. The average molecular weight is 540 g/mol. The van der Waals surface area contributed by atoms with E-state index in [0.717, 1.165) is 0 Å². The molecular weight excluding hydrogens is 538 g/mol. The Kier molecular flexibility index (Phi) is 643. The Labute approximate surface area is 183 Å². The van der Waals surface area contributed by atoms with Crippen molar-refractivity contribution in [3.05, 3.63) is 0 Å². The monoisotopic (exact) mass is 540 g/mol. The van der Waals surface area contributed by atoms with Gasteiger partial charge in [0.05, 0.1) is 0 Å². The van der Waals surface area contributed by atoms with E-state index in [9.17, 15) is 0 Å². The molecule has 6 radical (unpaired) electrons.